The van der Waals surface area contributed by atoms with E-state index in [1.54, 1.807) is 0 Å². The maximum absolute atomic E-state index is 11.8. The highest BCUT2D eigenvalue weighted by Gasteiger charge is 2.21. The number of carbonyl (C=O) groups excluding carboxylic acids is 1. The molecule has 2 N–H and O–H groups in total. The quantitative estimate of drug-likeness (QED) is 0.755. The van der Waals surface area contributed by atoms with Crippen LogP contribution in [-0.2, 0) is 20.7 Å². The molecule has 0 aliphatic carbocycles. The molecule has 0 radical (unpaired) electrons. The summed E-state index contributed by atoms with van der Waals surface area (Å²) in [6.07, 6.45) is 0.417. The maximum atomic E-state index is 11.8. The van der Waals surface area contributed by atoms with E-state index >= 15 is 0 Å². The van der Waals surface area contributed by atoms with Crippen molar-refractivity contribution in [3.8, 4) is 0 Å². The number of hydrogen-bond donors (Lipinski definition) is 2. The van der Waals surface area contributed by atoms with E-state index in [0.717, 1.165) is 5.56 Å². The second-order valence-electron chi connectivity index (χ2n) is 4.60. The number of nitrogens with one attached hydrogen (secondary N) is 1. The monoisotopic (exact) mass is 279 g/mol. The third kappa shape index (κ3) is 5.01. The number of benzene rings is 1. The molecule has 0 saturated carbocycles. The Kier molecular flexibility index (Phi) is 6.73. The van der Waals surface area contributed by atoms with Crippen LogP contribution in [0, 0.1) is 5.92 Å². The molecule has 0 aliphatic rings. The van der Waals surface area contributed by atoms with Crippen molar-refractivity contribution in [1.29, 1.82) is 0 Å². The van der Waals surface area contributed by atoms with Crippen molar-refractivity contribution in [3.05, 3.63) is 35.9 Å². The van der Waals surface area contributed by atoms with Crippen molar-refractivity contribution in [3.63, 3.8) is 0 Å². The van der Waals surface area contributed by atoms with Gasteiger partial charge in [0.15, 0.2) is 0 Å². The summed E-state index contributed by atoms with van der Waals surface area (Å²) in [7, 11) is 1.46. The fourth-order valence-corrected chi connectivity index (χ4v) is 1.94. The van der Waals surface area contributed by atoms with Gasteiger partial charge in [0.2, 0.25) is 5.91 Å². The summed E-state index contributed by atoms with van der Waals surface area (Å²) in [6.45, 7) is 1.94. The van der Waals surface area contributed by atoms with E-state index < -0.39 is 18.0 Å². The molecular weight excluding hydrogens is 258 g/mol. The van der Waals surface area contributed by atoms with Crippen molar-refractivity contribution in [1.82, 2.24) is 5.32 Å². The SMILES string of the molecule is CCC(OC)C(=O)NCC(Cc1ccccc1)C(=O)O. The Labute approximate surface area is 118 Å². The minimum Gasteiger partial charge on any atom is -0.481 e. The molecule has 0 saturated heterocycles. The Hall–Kier alpha value is -1.88. The first kappa shape index (κ1) is 16.2. The van der Waals surface area contributed by atoms with Gasteiger partial charge in [0.05, 0.1) is 5.92 Å². The molecule has 0 bridgehead atoms. The third-order valence-electron chi connectivity index (χ3n) is 3.14. The number of carbonyl (C=O) groups is 2. The molecule has 5 heteroatoms. The molecule has 2 atom stereocenters. The number of carboxylic acids is 1. The van der Waals surface area contributed by atoms with Gasteiger partial charge >= 0.3 is 5.97 Å². The first-order valence-corrected chi connectivity index (χ1v) is 6.65. The summed E-state index contributed by atoms with van der Waals surface area (Å²) in [5, 5.41) is 11.9. The van der Waals surface area contributed by atoms with E-state index in [-0.39, 0.29) is 12.5 Å². The molecule has 110 valence electrons. The zero-order valence-electron chi connectivity index (χ0n) is 11.8. The molecule has 5 nitrogen and oxygen atoms in total. The lowest BCUT2D eigenvalue weighted by molar-refractivity contribution is -0.142. The Bertz CT molecular complexity index is 429. The van der Waals surface area contributed by atoms with E-state index in [1.807, 2.05) is 37.3 Å². The highest BCUT2D eigenvalue weighted by molar-refractivity contribution is 5.81. The Morgan fingerprint density at radius 2 is 1.95 bits per heavy atom. The molecular formula is C15H21NO4. The van der Waals surface area contributed by atoms with Gasteiger partial charge in [-0.15, -0.1) is 0 Å². The molecule has 1 aromatic carbocycles. The summed E-state index contributed by atoms with van der Waals surface area (Å²) in [6, 6.07) is 9.37. The number of hydrogen-bond acceptors (Lipinski definition) is 3. The number of aliphatic carboxylic acids is 1. The van der Waals surface area contributed by atoms with Gasteiger partial charge in [0.1, 0.15) is 6.10 Å². The Morgan fingerprint density at radius 1 is 1.30 bits per heavy atom. The van der Waals surface area contributed by atoms with Gasteiger partial charge in [-0.3, -0.25) is 9.59 Å². The van der Waals surface area contributed by atoms with Crippen LogP contribution in [0.4, 0.5) is 0 Å². The van der Waals surface area contributed by atoms with E-state index in [4.69, 9.17) is 4.74 Å². The van der Waals surface area contributed by atoms with Gasteiger partial charge in [-0.1, -0.05) is 37.3 Å². The minimum atomic E-state index is -0.917. The van der Waals surface area contributed by atoms with Gasteiger partial charge in [-0.25, -0.2) is 0 Å². The molecule has 2 unspecified atom stereocenters. The summed E-state index contributed by atoms with van der Waals surface area (Å²) < 4.78 is 5.01. The van der Waals surface area contributed by atoms with Crippen LogP contribution in [-0.4, -0.2) is 36.7 Å². The summed E-state index contributed by atoms with van der Waals surface area (Å²) in [4.78, 5) is 23.0. The second-order valence-corrected chi connectivity index (χ2v) is 4.60. The lowest BCUT2D eigenvalue weighted by atomic mass is 9.99. The number of ether oxygens (including phenoxy) is 1. The normalized spacial score (nSPS) is 13.5. The van der Waals surface area contributed by atoms with Crippen molar-refractivity contribution in [2.24, 2.45) is 5.92 Å². The lowest BCUT2D eigenvalue weighted by Crippen LogP contribution is -2.40. The van der Waals surface area contributed by atoms with Gasteiger partial charge in [-0.05, 0) is 18.4 Å². The predicted octanol–water partition coefficient (Wildman–Crippen LogP) is 1.47. The highest BCUT2D eigenvalue weighted by atomic mass is 16.5. The van der Waals surface area contributed by atoms with Crippen LogP contribution in [0.2, 0.25) is 0 Å². The van der Waals surface area contributed by atoms with Crippen LogP contribution in [0.15, 0.2) is 30.3 Å². The van der Waals surface area contributed by atoms with Crippen LogP contribution >= 0.6 is 0 Å². The van der Waals surface area contributed by atoms with Gasteiger partial charge in [-0.2, -0.15) is 0 Å². The third-order valence-corrected chi connectivity index (χ3v) is 3.14. The molecule has 0 aromatic heterocycles. The largest absolute Gasteiger partial charge is 0.481 e. The summed E-state index contributed by atoms with van der Waals surface area (Å²) >= 11 is 0. The number of methoxy groups -OCH3 is 1. The van der Waals surface area contributed by atoms with Crippen molar-refractivity contribution in [2.75, 3.05) is 13.7 Å². The average Bonchev–Trinajstić information content (AvgIpc) is 2.45. The molecule has 0 fully saturated rings. The standard InChI is InChI=1S/C15H21NO4/c1-3-13(20-2)14(17)16-10-12(15(18)19)9-11-7-5-4-6-8-11/h4-8,12-13H,3,9-10H2,1-2H3,(H,16,17)(H,18,19). The Balaban J connectivity index is 2.56. The molecule has 0 spiro atoms. The molecule has 0 aliphatic heterocycles. The van der Waals surface area contributed by atoms with Gasteiger partial charge < -0.3 is 15.2 Å². The van der Waals surface area contributed by atoms with Gasteiger partial charge in [0.25, 0.3) is 0 Å². The fraction of sp³-hybridized carbons (Fsp3) is 0.467. The molecule has 0 heterocycles. The first-order chi connectivity index (χ1) is 9.58. The van der Waals surface area contributed by atoms with Crippen LogP contribution in [0.25, 0.3) is 0 Å². The van der Waals surface area contributed by atoms with Crippen LogP contribution < -0.4 is 5.32 Å². The summed E-state index contributed by atoms with van der Waals surface area (Å²) in [5.41, 5.74) is 0.938. The first-order valence-electron chi connectivity index (χ1n) is 6.65. The van der Waals surface area contributed by atoms with E-state index in [0.29, 0.717) is 12.8 Å². The van der Waals surface area contributed by atoms with Crippen LogP contribution in [0.5, 0.6) is 0 Å². The predicted molar refractivity (Wildman–Crippen MR) is 75.4 cm³/mol. The zero-order chi connectivity index (χ0) is 15.0. The topological polar surface area (TPSA) is 75.6 Å². The highest BCUT2D eigenvalue weighted by Crippen LogP contribution is 2.09. The number of amides is 1. The molecule has 20 heavy (non-hydrogen) atoms. The van der Waals surface area contributed by atoms with Crippen molar-refractivity contribution >= 4 is 11.9 Å². The second kappa shape index (κ2) is 8.32. The van der Waals surface area contributed by atoms with Crippen molar-refractivity contribution < 1.29 is 19.4 Å². The zero-order valence-corrected chi connectivity index (χ0v) is 11.8. The molecule has 1 aromatic rings. The molecule has 1 amide bonds. The van der Waals surface area contributed by atoms with E-state index in [9.17, 15) is 14.7 Å². The van der Waals surface area contributed by atoms with Crippen LogP contribution in [0.3, 0.4) is 0 Å². The number of carboxylic acid groups (broad SMARTS) is 1. The maximum Gasteiger partial charge on any atom is 0.308 e. The smallest absolute Gasteiger partial charge is 0.308 e. The molecule has 1 rings (SSSR count). The number of rotatable bonds is 8. The Morgan fingerprint density at radius 3 is 2.45 bits per heavy atom. The fourth-order valence-electron chi connectivity index (χ4n) is 1.94. The average molecular weight is 279 g/mol. The van der Waals surface area contributed by atoms with E-state index in [1.165, 1.54) is 7.11 Å². The van der Waals surface area contributed by atoms with Gasteiger partial charge in [0, 0.05) is 13.7 Å². The lowest BCUT2D eigenvalue weighted by Gasteiger charge is -2.17. The van der Waals surface area contributed by atoms with E-state index in [2.05, 4.69) is 5.32 Å². The van der Waals surface area contributed by atoms with Crippen molar-refractivity contribution in [2.45, 2.75) is 25.9 Å². The van der Waals surface area contributed by atoms with Crippen LogP contribution in [0.1, 0.15) is 18.9 Å². The minimum absolute atomic E-state index is 0.100. The summed E-state index contributed by atoms with van der Waals surface area (Å²) in [5.74, 6) is -1.83.